The molecule has 0 spiro atoms. The van der Waals surface area contributed by atoms with Crippen molar-refractivity contribution in [1.82, 2.24) is 15.5 Å². The lowest BCUT2D eigenvalue weighted by atomic mass is 10.0. The van der Waals surface area contributed by atoms with Crippen molar-refractivity contribution >= 4 is 0 Å². The quantitative estimate of drug-likeness (QED) is 0.894. The molecule has 4 heteroatoms. The molecule has 0 radical (unpaired) electrons. The van der Waals surface area contributed by atoms with Crippen LogP contribution in [0.2, 0.25) is 0 Å². The lowest BCUT2D eigenvalue weighted by Crippen LogP contribution is -2.19. The van der Waals surface area contributed by atoms with Gasteiger partial charge in [0.25, 0.3) is 0 Å². The Morgan fingerprint density at radius 2 is 2.05 bits per heavy atom. The maximum absolute atomic E-state index is 5.38. The molecule has 1 aromatic heterocycles. The number of nitrogens with one attached hydrogen (secondary N) is 1. The molecule has 100 valence electrons. The van der Waals surface area contributed by atoms with Gasteiger partial charge in [0.15, 0.2) is 5.82 Å². The molecule has 0 bridgehead atoms. The molecule has 3 rings (SSSR count). The van der Waals surface area contributed by atoms with Gasteiger partial charge in [0.05, 0.1) is 0 Å². The van der Waals surface area contributed by atoms with Crippen LogP contribution in [0.4, 0.5) is 0 Å². The Hall–Kier alpha value is -1.68. The van der Waals surface area contributed by atoms with Gasteiger partial charge in [0, 0.05) is 17.9 Å². The minimum absolute atomic E-state index is 0.170. The Kier molecular flexibility index (Phi) is 3.11. The zero-order valence-electron chi connectivity index (χ0n) is 11.4. The molecule has 1 saturated carbocycles. The minimum atomic E-state index is 0.170. The number of benzene rings is 1. The fraction of sp³-hybridized carbons (Fsp3) is 0.467. The number of likely N-dealkylation sites (N-methyl/N-ethyl adjacent to an activating group) is 1. The molecule has 1 atom stereocenters. The third kappa shape index (κ3) is 2.54. The molecular formula is C15H19N3O. The first-order chi connectivity index (χ1) is 9.21. The fourth-order valence-electron chi connectivity index (χ4n) is 2.24. The summed E-state index contributed by atoms with van der Waals surface area (Å²) in [4.78, 5) is 4.54. The van der Waals surface area contributed by atoms with Crippen molar-refractivity contribution in [3.05, 3.63) is 47.6 Å². The van der Waals surface area contributed by atoms with Gasteiger partial charge in [-0.15, -0.1) is 0 Å². The van der Waals surface area contributed by atoms with Crippen LogP contribution in [0, 0.1) is 0 Å². The van der Waals surface area contributed by atoms with Crippen LogP contribution in [0.15, 0.2) is 34.9 Å². The van der Waals surface area contributed by atoms with Gasteiger partial charge in [0.1, 0.15) is 0 Å². The number of hydrogen-bond donors (Lipinski definition) is 1. The monoisotopic (exact) mass is 257 g/mol. The number of nitrogens with zero attached hydrogens (tertiary/aromatic N) is 2. The predicted octanol–water partition coefficient (Wildman–Crippen LogP) is 2.62. The largest absolute Gasteiger partial charge is 0.339 e. The topological polar surface area (TPSA) is 51.0 Å². The van der Waals surface area contributed by atoms with Crippen molar-refractivity contribution in [2.75, 3.05) is 7.05 Å². The Balaban J connectivity index is 1.74. The van der Waals surface area contributed by atoms with Gasteiger partial charge in [-0.3, -0.25) is 0 Å². The van der Waals surface area contributed by atoms with E-state index < -0.39 is 0 Å². The van der Waals surface area contributed by atoms with Crippen molar-refractivity contribution in [3.63, 3.8) is 0 Å². The number of hydrogen-bond acceptors (Lipinski definition) is 4. The van der Waals surface area contributed by atoms with E-state index in [1.165, 1.54) is 18.4 Å². The molecule has 1 aromatic carbocycles. The molecule has 1 fully saturated rings. The van der Waals surface area contributed by atoms with Crippen LogP contribution in [0.3, 0.4) is 0 Å². The second kappa shape index (κ2) is 4.78. The van der Waals surface area contributed by atoms with Crippen molar-refractivity contribution in [2.45, 2.75) is 37.6 Å². The standard InChI is InChI=1S/C15H19N3O/c1-15(8-9-15)14-17-13(19-18-14)10-12(16-2)11-6-4-3-5-7-11/h3-7,12,16H,8-10H2,1-2H3. The third-order valence-electron chi connectivity index (χ3n) is 3.94. The average Bonchev–Trinajstić information content (AvgIpc) is 3.03. The van der Waals surface area contributed by atoms with Gasteiger partial charge in [-0.2, -0.15) is 4.98 Å². The van der Waals surface area contributed by atoms with Crippen molar-refractivity contribution in [3.8, 4) is 0 Å². The van der Waals surface area contributed by atoms with E-state index >= 15 is 0 Å². The second-order valence-electron chi connectivity index (χ2n) is 5.53. The van der Waals surface area contributed by atoms with E-state index in [9.17, 15) is 0 Å². The smallest absolute Gasteiger partial charge is 0.228 e. The first-order valence-electron chi connectivity index (χ1n) is 6.76. The minimum Gasteiger partial charge on any atom is -0.339 e. The molecule has 1 N–H and O–H groups in total. The van der Waals surface area contributed by atoms with Crippen LogP contribution < -0.4 is 5.32 Å². The highest BCUT2D eigenvalue weighted by atomic mass is 16.5. The lowest BCUT2D eigenvalue weighted by Gasteiger charge is -2.13. The SMILES string of the molecule is CNC(Cc1nc(C2(C)CC2)no1)c1ccccc1. The van der Waals surface area contributed by atoms with Gasteiger partial charge in [0.2, 0.25) is 5.89 Å². The van der Waals surface area contributed by atoms with Crippen LogP contribution in [-0.2, 0) is 11.8 Å². The first kappa shape index (κ1) is 12.4. The van der Waals surface area contributed by atoms with Gasteiger partial charge in [-0.05, 0) is 25.5 Å². The number of aromatic nitrogens is 2. The maximum Gasteiger partial charge on any atom is 0.228 e. The molecule has 1 heterocycles. The molecule has 1 aliphatic carbocycles. The van der Waals surface area contributed by atoms with E-state index in [4.69, 9.17) is 4.52 Å². The third-order valence-corrected chi connectivity index (χ3v) is 3.94. The van der Waals surface area contributed by atoms with Crippen LogP contribution in [-0.4, -0.2) is 17.2 Å². The Morgan fingerprint density at radius 1 is 1.32 bits per heavy atom. The van der Waals surface area contributed by atoms with Crippen molar-refractivity contribution in [2.24, 2.45) is 0 Å². The Bertz CT molecular complexity index is 546. The summed E-state index contributed by atoms with van der Waals surface area (Å²) in [5.74, 6) is 1.58. The van der Waals surface area contributed by atoms with Gasteiger partial charge >= 0.3 is 0 Å². The highest BCUT2D eigenvalue weighted by Crippen LogP contribution is 2.46. The van der Waals surface area contributed by atoms with Gasteiger partial charge in [-0.1, -0.05) is 42.4 Å². The van der Waals surface area contributed by atoms with Crippen LogP contribution >= 0.6 is 0 Å². The molecule has 0 saturated heterocycles. The van der Waals surface area contributed by atoms with Gasteiger partial charge in [-0.25, -0.2) is 0 Å². The van der Waals surface area contributed by atoms with Crippen molar-refractivity contribution in [1.29, 1.82) is 0 Å². The van der Waals surface area contributed by atoms with E-state index in [0.717, 1.165) is 12.2 Å². The Labute approximate surface area is 113 Å². The first-order valence-corrected chi connectivity index (χ1v) is 6.76. The average molecular weight is 257 g/mol. The summed E-state index contributed by atoms with van der Waals surface area (Å²) >= 11 is 0. The molecule has 0 amide bonds. The highest BCUT2D eigenvalue weighted by molar-refractivity contribution is 5.20. The van der Waals surface area contributed by atoms with E-state index in [1.54, 1.807) is 0 Å². The molecule has 1 unspecified atom stereocenters. The van der Waals surface area contributed by atoms with Gasteiger partial charge < -0.3 is 9.84 Å². The van der Waals surface area contributed by atoms with E-state index in [0.29, 0.717) is 5.89 Å². The molecular weight excluding hydrogens is 238 g/mol. The van der Waals surface area contributed by atoms with Crippen LogP contribution in [0.5, 0.6) is 0 Å². The summed E-state index contributed by atoms with van der Waals surface area (Å²) in [6, 6.07) is 10.5. The highest BCUT2D eigenvalue weighted by Gasteiger charge is 2.43. The maximum atomic E-state index is 5.38. The predicted molar refractivity (Wildman–Crippen MR) is 72.8 cm³/mol. The summed E-state index contributed by atoms with van der Waals surface area (Å²) in [5, 5.41) is 7.42. The zero-order valence-corrected chi connectivity index (χ0v) is 11.4. The van der Waals surface area contributed by atoms with Crippen LogP contribution in [0.1, 0.15) is 43.1 Å². The van der Waals surface area contributed by atoms with E-state index in [1.807, 2.05) is 25.2 Å². The summed E-state index contributed by atoms with van der Waals surface area (Å²) in [5.41, 5.74) is 1.41. The Morgan fingerprint density at radius 3 is 2.68 bits per heavy atom. The normalized spacial score (nSPS) is 18.2. The zero-order chi connectivity index (χ0) is 13.3. The van der Waals surface area contributed by atoms with E-state index in [-0.39, 0.29) is 11.5 Å². The molecule has 0 aliphatic heterocycles. The second-order valence-corrected chi connectivity index (χ2v) is 5.53. The summed E-state index contributed by atoms with van der Waals surface area (Å²) in [6.07, 6.45) is 3.06. The number of rotatable bonds is 5. The molecule has 2 aromatic rings. The lowest BCUT2D eigenvalue weighted by molar-refractivity contribution is 0.355. The summed E-state index contributed by atoms with van der Waals surface area (Å²) in [6.45, 7) is 2.19. The van der Waals surface area contributed by atoms with Crippen molar-refractivity contribution < 1.29 is 4.52 Å². The van der Waals surface area contributed by atoms with E-state index in [2.05, 4.69) is 34.5 Å². The fourth-order valence-corrected chi connectivity index (χ4v) is 2.24. The summed E-state index contributed by atoms with van der Waals surface area (Å²) < 4.78 is 5.38. The summed E-state index contributed by atoms with van der Waals surface area (Å²) in [7, 11) is 1.96. The molecule has 4 nitrogen and oxygen atoms in total. The molecule has 1 aliphatic rings. The van der Waals surface area contributed by atoms with Crippen LogP contribution in [0.25, 0.3) is 0 Å². The molecule has 19 heavy (non-hydrogen) atoms.